The smallest absolute Gasteiger partial charge is 0.247 e. The molecule has 6 aromatic carbocycles. The van der Waals surface area contributed by atoms with Gasteiger partial charge in [-0.05, 0) is 164 Å². The van der Waals surface area contributed by atoms with Gasteiger partial charge in [-0.25, -0.2) is 0 Å². The fourth-order valence-electron chi connectivity index (χ4n) is 17.8. The number of fused-ring (bicyclic) bond motifs is 9. The molecule has 3 heteroatoms. The van der Waals surface area contributed by atoms with Gasteiger partial charge in [0, 0.05) is 21.8 Å². The van der Waals surface area contributed by atoms with Crippen molar-refractivity contribution in [3.05, 3.63) is 155 Å². The fourth-order valence-corrected chi connectivity index (χ4v) is 17.8. The first-order valence-electron chi connectivity index (χ1n) is 39.0. The van der Waals surface area contributed by atoms with Crippen molar-refractivity contribution in [3.63, 3.8) is 0 Å². The minimum absolute atomic E-state index is 0.0563. The SMILES string of the molecule is CCCCCCCCC1(CCCCCCCC)c2ccccc2-c2ccc(-c3ccc4c(c3)C(CCCCCCCC)(CCCCCCCC)c3cc(-c5ccc6c(c5)C(CCCCCCCC)(CCCCCCCC)c5cc(-c7nnco7)ccc5-6)ccc3-4)cc21. The van der Waals surface area contributed by atoms with E-state index >= 15 is 0 Å². The van der Waals surface area contributed by atoms with Gasteiger partial charge in [-0.3, -0.25) is 0 Å². The van der Waals surface area contributed by atoms with E-state index in [4.69, 9.17) is 4.42 Å². The van der Waals surface area contributed by atoms with Gasteiger partial charge in [-0.2, -0.15) is 0 Å². The lowest BCUT2D eigenvalue weighted by molar-refractivity contribution is 0.397. The molecule has 0 radical (unpaired) electrons. The van der Waals surface area contributed by atoms with Crippen LogP contribution in [0.15, 0.2) is 126 Å². The molecule has 494 valence electrons. The molecule has 0 saturated heterocycles. The van der Waals surface area contributed by atoms with E-state index in [9.17, 15) is 0 Å². The summed E-state index contributed by atoms with van der Waals surface area (Å²) in [5.41, 5.74) is 24.8. The van der Waals surface area contributed by atoms with Crippen molar-refractivity contribution in [2.45, 2.75) is 327 Å². The average Bonchev–Trinajstić information content (AvgIpc) is 1.58. The van der Waals surface area contributed by atoms with Crippen LogP contribution in [0, 0.1) is 0 Å². The Kier molecular flexibility index (Phi) is 26.6. The molecule has 0 fully saturated rings. The average molecular weight is 1240 g/mol. The highest BCUT2D eigenvalue weighted by atomic mass is 16.4. The quantitative estimate of drug-likeness (QED) is 0.0357. The van der Waals surface area contributed by atoms with Crippen LogP contribution in [-0.2, 0) is 16.2 Å². The Hall–Kier alpha value is -5.54. The van der Waals surface area contributed by atoms with Crippen molar-refractivity contribution in [2.75, 3.05) is 0 Å². The van der Waals surface area contributed by atoms with Gasteiger partial charge in [0.05, 0.1) is 0 Å². The zero-order valence-electron chi connectivity index (χ0n) is 59.0. The van der Waals surface area contributed by atoms with Crippen LogP contribution in [0.25, 0.3) is 67.1 Å². The van der Waals surface area contributed by atoms with Crippen LogP contribution in [0.5, 0.6) is 0 Å². The fraction of sp³-hybridized carbons (Fsp3) is 0.573. The van der Waals surface area contributed by atoms with Crippen molar-refractivity contribution in [2.24, 2.45) is 0 Å². The van der Waals surface area contributed by atoms with Crippen LogP contribution in [0.3, 0.4) is 0 Å². The van der Waals surface area contributed by atoms with Crippen LogP contribution < -0.4 is 0 Å². The summed E-state index contributed by atoms with van der Waals surface area (Å²) >= 11 is 0. The van der Waals surface area contributed by atoms with Gasteiger partial charge in [0.2, 0.25) is 12.3 Å². The molecule has 0 saturated carbocycles. The third-order valence-corrected chi connectivity index (χ3v) is 23.0. The molecule has 7 aromatic rings. The Bertz CT molecular complexity index is 3290. The summed E-state index contributed by atoms with van der Waals surface area (Å²) in [6.07, 6.45) is 56.2. The largest absolute Gasteiger partial charge is 0.423 e. The molecule has 3 aliphatic rings. The topological polar surface area (TPSA) is 38.9 Å². The van der Waals surface area contributed by atoms with E-state index in [1.54, 1.807) is 27.8 Å². The van der Waals surface area contributed by atoms with Crippen LogP contribution >= 0.6 is 0 Å². The van der Waals surface area contributed by atoms with Crippen molar-refractivity contribution in [3.8, 4) is 67.1 Å². The third kappa shape index (κ3) is 16.0. The number of benzene rings is 6. The molecule has 0 unspecified atom stereocenters. The van der Waals surface area contributed by atoms with Gasteiger partial charge in [0.25, 0.3) is 0 Å². The van der Waals surface area contributed by atoms with Crippen molar-refractivity contribution in [1.29, 1.82) is 0 Å². The predicted molar refractivity (Wildman–Crippen MR) is 397 cm³/mol. The molecule has 0 atom stereocenters. The summed E-state index contributed by atoms with van der Waals surface area (Å²) < 4.78 is 5.93. The van der Waals surface area contributed by atoms with E-state index in [0.29, 0.717) is 5.89 Å². The van der Waals surface area contributed by atoms with Crippen molar-refractivity contribution >= 4 is 0 Å². The van der Waals surface area contributed by atoms with E-state index in [1.165, 1.54) is 337 Å². The molecule has 3 nitrogen and oxygen atoms in total. The highest BCUT2D eigenvalue weighted by Gasteiger charge is 2.46. The van der Waals surface area contributed by atoms with Gasteiger partial charge in [-0.1, -0.05) is 352 Å². The highest BCUT2D eigenvalue weighted by molar-refractivity contribution is 5.90. The maximum absolute atomic E-state index is 5.93. The van der Waals surface area contributed by atoms with Gasteiger partial charge < -0.3 is 4.42 Å². The summed E-state index contributed by atoms with van der Waals surface area (Å²) in [7, 11) is 0. The van der Waals surface area contributed by atoms with Crippen LogP contribution in [0.1, 0.15) is 345 Å². The molecule has 0 bridgehead atoms. The minimum Gasteiger partial charge on any atom is -0.423 e. The Labute approximate surface area is 561 Å². The summed E-state index contributed by atoms with van der Waals surface area (Å²) in [6, 6.07) is 48.0. The highest BCUT2D eigenvalue weighted by Crippen LogP contribution is 2.60. The minimum atomic E-state index is -0.0859. The zero-order valence-corrected chi connectivity index (χ0v) is 59.0. The third-order valence-electron chi connectivity index (χ3n) is 23.0. The molecule has 0 spiro atoms. The Morgan fingerprint density at radius 3 is 0.772 bits per heavy atom. The molecule has 3 aliphatic carbocycles. The monoisotopic (exact) mass is 1230 g/mol. The number of unbranched alkanes of at least 4 members (excludes halogenated alkanes) is 30. The van der Waals surface area contributed by atoms with Gasteiger partial charge in [0.15, 0.2) is 0 Å². The first-order chi connectivity index (χ1) is 45.4. The number of nitrogens with zero attached hydrogens (tertiary/aromatic N) is 2. The number of hydrogen-bond donors (Lipinski definition) is 0. The maximum Gasteiger partial charge on any atom is 0.247 e. The first kappa shape index (κ1) is 69.3. The molecule has 0 aliphatic heterocycles. The summed E-state index contributed by atoms with van der Waals surface area (Å²) in [6.45, 7) is 14.1. The van der Waals surface area contributed by atoms with E-state index in [1.807, 2.05) is 0 Å². The Morgan fingerprint density at radius 2 is 0.489 bits per heavy atom. The number of rotatable bonds is 45. The van der Waals surface area contributed by atoms with Crippen LogP contribution in [0.4, 0.5) is 0 Å². The van der Waals surface area contributed by atoms with E-state index in [-0.39, 0.29) is 16.2 Å². The molecule has 92 heavy (non-hydrogen) atoms. The normalized spacial score (nSPS) is 14.3. The second kappa shape index (κ2) is 35.3. The van der Waals surface area contributed by atoms with E-state index < -0.39 is 0 Å². The lowest BCUT2D eigenvalue weighted by Crippen LogP contribution is -2.26. The number of aromatic nitrogens is 2. The summed E-state index contributed by atoms with van der Waals surface area (Å²) in [5.74, 6) is 0.618. The zero-order chi connectivity index (χ0) is 63.9. The summed E-state index contributed by atoms with van der Waals surface area (Å²) in [5, 5.41) is 8.61. The lowest BCUT2D eigenvalue weighted by Gasteiger charge is -2.34. The second-order valence-electron chi connectivity index (χ2n) is 29.4. The molecule has 0 amide bonds. The van der Waals surface area contributed by atoms with Crippen molar-refractivity contribution in [1.82, 2.24) is 10.2 Å². The van der Waals surface area contributed by atoms with Crippen LogP contribution in [0.2, 0.25) is 0 Å². The van der Waals surface area contributed by atoms with Crippen LogP contribution in [-0.4, -0.2) is 10.2 Å². The molecule has 1 heterocycles. The lowest BCUT2D eigenvalue weighted by atomic mass is 9.69. The van der Waals surface area contributed by atoms with Crippen molar-refractivity contribution < 1.29 is 4.42 Å². The van der Waals surface area contributed by atoms with E-state index in [0.717, 1.165) is 5.56 Å². The van der Waals surface area contributed by atoms with Gasteiger partial charge in [0.1, 0.15) is 0 Å². The number of hydrogen-bond acceptors (Lipinski definition) is 3. The molecule has 10 rings (SSSR count). The van der Waals surface area contributed by atoms with E-state index in [2.05, 4.69) is 167 Å². The molecular weight excluding hydrogens is 1110 g/mol. The standard InChI is InChI=1S/C89H122N2O/c1-7-13-19-25-31-39-57-87(58-40-32-26-20-14-8-2)80-46-38-37-45-74(80)75-52-47-69(63-81(75)87)70-48-53-76-77-54-49-71(65-83(77)88(82(76)64-70,59-41-33-27-21-15-9-3)60-42-34-28-22-16-10-4)72-50-55-78-79-56-51-73(86-91-90-68-92-86)67-85(79)89(84(78)66-72,61-43-35-29-23-17-11-5)62-44-36-30-24-18-12-6/h37-38,45-56,63-68H,7-36,39-44,57-62H2,1-6H3. The first-order valence-corrected chi connectivity index (χ1v) is 39.0. The maximum atomic E-state index is 5.93. The Morgan fingerprint density at radius 1 is 0.250 bits per heavy atom. The Balaban J connectivity index is 1.07. The molecular formula is C89H122N2O. The molecule has 1 aromatic heterocycles. The molecule has 0 N–H and O–H groups in total. The van der Waals surface area contributed by atoms with Gasteiger partial charge >= 0.3 is 0 Å². The van der Waals surface area contributed by atoms with Gasteiger partial charge in [-0.15, -0.1) is 10.2 Å². The summed E-state index contributed by atoms with van der Waals surface area (Å²) in [4.78, 5) is 0. The second-order valence-corrected chi connectivity index (χ2v) is 29.4. The predicted octanol–water partition coefficient (Wildman–Crippen LogP) is 28.4.